The molecular formula is C48H65O4P. The molecule has 0 radical (unpaired) electrons. The predicted octanol–water partition coefficient (Wildman–Crippen LogP) is 14.2. The van der Waals surface area contributed by atoms with Crippen LogP contribution in [0.25, 0.3) is 0 Å². The highest BCUT2D eigenvalue weighted by Gasteiger charge is 2.38. The molecule has 286 valence electrons. The number of phenols is 1. The minimum atomic E-state index is -2.01. The van der Waals surface area contributed by atoms with E-state index in [1.807, 2.05) is 0 Å². The Kier molecular flexibility index (Phi) is 10.7. The van der Waals surface area contributed by atoms with Crippen LogP contribution in [-0.4, -0.2) is 5.11 Å². The second-order valence-electron chi connectivity index (χ2n) is 19.9. The summed E-state index contributed by atoms with van der Waals surface area (Å²) in [5, 5.41) is 11.9. The van der Waals surface area contributed by atoms with Gasteiger partial charge >= 0.3 is 8.60 Å². The SMILES string of the molecule is Cc1cc(C(C)c2cc(C)cc(C(C)(C)C)c2OP2Oc3c(cc(C)cc3C(C)(C)C)C(C)c3cc(C)cc(C(C)(C)C)c3O2)c(O)c(C(C)(C)C)c1. The lowest BCUT2D eigenvalue weighted by molar-refractivity contribution is 0.361. The Balaban J connectivity index is 1.82. The number of hydrogen-bond acceptors (Lipinski definition) is 4. The summed E-state index contributed by atoms with van der Waals surface area (Å²) in [5.74, 6) is 2.63. The van der Waals surface area contributed by atoms with Crippen LogP contribution in [0.4, 0.5) is 0 Å². The van der Waals surface area contributed by atoms with E-state index in [1.165, 1.54) is 11.1 Å². The van der Waals surface area contributed by atoms with E-state index in [0.717, 1.165) is 72.9 Å². The smallest absolute Gasteiger partial charge is 0.507 e. The third-order valence-electron chi connectivity index (χ3n) is 10.7. The van der Waals surface area contributed by atoms with Crippen molar-refractivity contribution >= 4 is 8.60 Å². The molecule has 0 saturated heterocycles. The summed E-state index contributed by atoms with van der Waals surface area (Å²) in [5.41, 5.74) is 12.3. The quantitative estimate of drug-likeness (QED) is 0.212. The molecule has 1 N–H and O–H groups in total. The average Bonchev–Trinajstić information content (AvgIpc) is 3.00. The minimum absolute atomic E-state index is 0.0283. The largest absolute Gasteiger partial charge is 0.530 e. The third kappa shape index (κ3) is 8.29. The summed E-state index contributed by atoms with van der Waals surface area (Å²) >= 11 is 0. The molecule has 0 aliphatic carbocycles. The summed E-state index contributed by atoms with van der Waals surface area (Å²) in [4.78, 5) is 0. The van der Waals surface area contributed by atoms with Gasteiger partial charge in [-0.3, -0.25) is 0 Å². The predicted molar refractivity (Wildman–Crippen MR) is 225 cm³/mol. The molecule has 0 saturated carbocycles. The maximum atomic E-state index is 11.9. The van der Waals surface area contributed by atoms with E-state index in [4.69, 9.17) is 13.6 Å². The van der Waals surface area contributed by atoms with Gasteiger partial charge in [-0.25, -0.2) is 0 Å². The number of aromatic hydroxyl groups is 1. The first kappa shape index (κ1) is 40.7. The van der Waals surface area contributed by atoms with Gasteiger partial charge in [-0.15, -0.1) is 0 Å². The van der Waals surface area contributed by atoms with Crippen LogP contribution < -0.4 is 13.6 Å². The van der Waals surface area contributed by atoms with E-state index < -0.39 is 8.60 Å². The van der Waals surface area contributed by atoms with Crippen molar-refractivity contribution < 1.29 is 18.7 Å². The van der Waals surface area contributed by atoms with Crippen molar-refractivity contribution in [1.29, 1.82) is 0 Å². The molecule has 1 heterocycles. The summed E-state index contributed by atoms with van der Waals surface area (Å²) in [7, 11) is -2.01. The molecule has 0 bridgehead atoms. The Hall–Kier alpha value is -3.49. The summed E-state index contributed by atoms with van der Waals surface area (Å²) in [6.07, 6.45) is 0. The van der Waals surface area contributed by atoms with Crippen LogP contribution in [-0.2, 0) is 21.7 Å². The molecule has 1 unspecified atom stereocenters. The van der Waals surface area contributed by atoms with Gasteiger partial charge < -0.3 is 18.7 Å². The van der Waals surface area contributed by atoms with Gasteiger partial charge in [0.2, 0.25) is 0 Å². The van der Waals surface area contributed by atoms with Gasteiger partial charge in [-0.05, 0) is 54.9 Å². The molecule has 5 heteroatoms. The van der Waals surface area contributed by atoms with E-state index in [2.05, 4.69) is 173 Å². The summed E-state index contributed by atoms with van der Waals surface area (Å²) in [6, 6.07) is 17.8. The number of fused-ring (bicyclic) bond motifs is 2. The summed E-state index contributed by atoms with van der Waals surface area (Å²) in [6.45, 7) is 39.6. The molecule has 53 heavy (non-hydrogen) atoms. The Morgan fingerprint density at radius 1 is 0.547 bits per heavy atom. The Bertz CT molecular complexity index is 1950. The maximum absolute atomic E-state index is 11.9. The van der Waals surface area contributed by atoms with Crippen molar-refractivity contribution in [3.05, 3.63) is 115 Å². The molecule has 4 nitrogen and oxygen atoms in total. The fourth-order valence-electron chi connectivity index (χ4n) is 7.67. The third-order valence-corrected chi connectivity index (χ3v) is 11.7. The minimum Gasteiger partial charge on any atom is -0.507 e. The molecular weight excluding hydrogens is 671 g/mol. The van der Waals surface area contributed by atoms with Crippen molar-refractivity contribution in [2.24, 2.45) is 0 Å². The molecule has 5 rings (SSSR count). The highest BCUT2D eigenvalue weighted by molar-refractivity contribution is 7.43. The zero-order valence-electron chi connectivity index (χ0n) is 35.9. The standard InChI is InChI=1S/C48H65O4P/c1-27-19-33(41(49)37(23-27)45(7,8)9)31(5)34-20-28(2)24-38(46(10,11)12)42(34)50-53-51-43-35(21-29(3)25-39(43)47(13,14)15)32(6)36-22-30(4)26-40(44(36)52-53)48(16,17)18/h19-26,31-32,49H,1-18H3. The lowest BCUT2D eigenvalue weighted by Crippen LogP contribution is -2.21. The first-order valence-electron chi connectivity index (χ1n) is 19.3. The van der Waals surface area contributed by atoms with Gasteiger partial charge in [0.15, 0.2) is 0 Å². The second kappa shape index (κ2) is 14.0. The molecule has 1 aliphatic rings. The summed E-state index contributed by atoms with van der Waals surface area (Å²) < 4.78 is 21.7. The first-order valence-corrected chi connectivity index (χ1v) is 20.4. The first-order chi connectivity index (χ1) is 24.2. The van der Waals surface area contributed by atoms with Gasteiger partial charge in [0.1, 0.15) is 23.0 Å². The van der Waals surface area contributed by atoms with Crippen LogP contribution in [0.1, 0.15) is 176 Å². The molecule has 4 aromatic rings. The van der Waals surface area contributed by atoms with E-state index in [1.54, 1.807) is 0 Å². The zero-order chi connectivity index (χ0) is 39.7. The molecule has 1 aliphatic heterocycles. The van der Waals surface area contributed by atoms with Crippen LogP contribution in [0, 0.1) is 27.7 Å². The lowest BCUT2D eigenvalue weighted by atomic mass is 9.79. The van der Waals surface area contributed by atoms with Crippen LogP contribution in [0.3, 0.4) is 0 Å². The van der Waals surface area contributed by atoms with E-state index in [0.29, 0.717) is 5.75 Å². The molecule has 0 fully saturated rings. The van der Waals surface area contributed by atoms with Gasteiger partial charge in [-0.1, -0.05) is 168 Å². The zero-order valence-corrected chi connectivity index (χ0v) is 36.8. The Morgan fingerprint density at radius 3 is 1.32 bits per heavy atom. The van der Waals surface area contributed by atoms with Gasteiger partial charge in [-0.2, -0.15) is 0 Å². The fourth-order valence-corrected chi connectivity index (χ4v) is 8.84. The topological polar surface area (TPSA) is 47.9 Å². The van der Waals surface area contributed by atoms with Crippen LogP contribution in [0.5, 0.6) is 23.0 Å². The molecule has 0 spiro atoms. The normalized spacial score (nSPS) is 17.2. The van der Waals surface area contributed by atoms with Crippen molar-refractivity contribution in [1.82, 2.24) is 0 Å². The number of aryl methyl sites for hydroxylation is 4. The van der Waals surface area contributed by atoms with Crippen molar-refractivity contribution in [3.63, 3.8) is 0 Å². The highest BCUT2D eigenvalue weighted by Crippen LogP contribution is 2.57. The van der Waals surface area contributed by atoms with E-state index in [-0.39, 0.29) is 33.5 Å². The second-order valence-corrected chi connectivity index (χ2v) is 20.9. The van der Waals surface area contributed by atoms with Crippen LogP contribution >= 0.6 is 8.60 Å². The van der Waals surface area contributed by atoms with Crippen molar-refractivity contribution in [2.45, 2.75) is 158 Å². The molecule has 0 amide bonds. The Morgan fingerprint density at radius 2 is 0.906 bits per heavy atom. The Labute approximate surface area is 322 Å². The van der Waals surface area contributed by atoms with Crippen LogP contribution in [0.2, 0.25) is 0 Å². The lowest BCUT2D eigenvalue weighted by Gasteiger charge is -2.35. The van der Waals surface area contributed by atoms with Crippen molar-refractivity contribution in [3.8, 4) is 23.0 Å². The van der Waals surface area contributed by atoms with E-state index in [9.17, 15) is 5.11 Å². The number of rotatable bonds is 4. The number of benzene rings is 4. The van der Waals surface area contributed by atoms with Gasteiger partial charge in [0, 0.05) is 50.8 Å². The average molecular weight is 737 g/mol. The maximum Gasteiger partial charge on any atom is 0.530 e. The van der Waals surface area contributed by atoms with Gasteiger partial charge in [0.25, 0.3) is 0 Å². The van der Waals surface area contributed by atoms with Crippen molar-refractivity contribution in [2.75, 3.05) is 0 Å². The number of hydrogen-bond donors (Lipinski definition) is 1. The monoisotopic (exact) mass is 736 g/mol. The van der Waals surface area contributed by atoms with Crippen LogP contribution in [0.15, 0.2) is 48.5 Å². The molecule has 4 aromatic carbocycles. The van der Waals surface area contributed by atoms with E-state index >= 15 is 0 Å². The fraction of sp³-hybridized carbons (Fsp3) is 0.500. The number of phenolic OH excluding ortho intramolecular Hbond substituents is 1. The molecule has 0 aromatic heterocycles. The van der Waals surface area contributed by atoms with Gasteiger partial charge in [0.05, 0.1) is 0 Å². The molecule has 1 atom stereocenters. The highest BCUT2D eigenvalue weighted by atomic mass is 31.2.